The normalized spacial score (nSPS) is 11.8. The van der Waals surface area contributed by atoms with Gasteiger partial charge in [-0.05, 0) is 37.6 Å². The Morgan fingerprint density at radius 2 is 2.19 bits per heavy atom. The van der Waals surface area contributed by atoms with Crippen LogP contribution in [0.4, 0.5) is 10.1 Å². The zero-order valence-electron chi connectivity index (χ0n) is 12.1. The molecule has 110 valence electrons. The summed E-state index contributed by atoms with van der Waals surface area (Å²) in [4.78, 5) is 16.3. The predicted molar refractivity (Wildman–Crippen MR) is 80.7 cm³/mol. The summed E-state index contributed by atoms with van der Waals surface area (Å²) >= 11 is 0. The lowest BCUT2D eigenvalue weighted by molar-refractivity contribution is 0.0940. The topological polar surface area (TPSA) is 54.0 Å². The second-order valence-corrected chi connectivity index (χ2v) is 4.70. The molecule has 2 N–H and O–H groups in total. The van der Waals surface area contributed by atoms with Crippen molar-refractivity contribution in [3.8, 4) is 0 Å². The zero-order chi connectivity index (χ0) is 15.2. The minimum Gasteiger partial charge on any atom is -0.383 e. The van der Waals surface area contributed by atoms with Gasteiger partial charge in [-0.15, -0.1) is 0 Å². The van der Waals surface area contributed by atoms with Crippen molar-refractivity contribution < 1.29 is 9.18 Å². The van der Waals surface area contributed by atoms with E-state index in [0.717, 1.165) is 5.56 Å². The van der Waals surface area contributed by atoms with E-state index in [2.05, 4.69) is 15.6 Å². The van der Waals surface area contributed by atoms with Gasteiger partial charge < -0.3 is 10.6 Å². The molecule has 1 unspecified atom stereocenters. The lowest BCUT2D eigenvalue weighted by atomic mass is 10.1. The second kappa shape index (κ2) is 6.83. The predicted octanol–water partition coefficient (Wildman–Crippen LogP) is 3.14. The quantitative estimate of drug-likeness (QED) is 0.888. The van der Waals surface area contributed by atoms with Crippen molar-refractivity contribution in [3.63, 3.8) is 0 Å². The molecule has 1 atom stereocenters. The maximum absolute atomic E-state index is 13.2. The number of halogens is 1. The molecule has 0 saturated heterocycles. The van der Waals surface area contributed by atoms with Gasteiger partial charge in [0, 0.05) is 12.7 Å². The van der Waals surface area contributed by atoms with Crippen LogP contribution < -0.4 is 10.6 Å². The zero-order valence-corrected chi connectivity index (χ0v) is 12.1. The molecule has 1 aromatic heterocycles. The Morgan fingerprint density at radius 3 is 2.90 bits per heavy atom. The molecule has 1 amide bonds. The van der Waals surface area contributed by atoms with Crippen LogP contribution in [0.2, 0.25) is 0 Å². The average molecular weight is 287 g/mol. The summed E-state index contributed by atoms with van der Waals surface area (Å²) in [5.41, 5.74) is 1.93. The van der Waals surface area contributed by atoms with E-state index in [1.807, 2.05) is 13.8 Å². The second-order valence-electron chi connectivity index (χ2n) is 4.70. The number of benzene rings is 1. The minimum absolute atomic E-state index is 0.217. The maximum Gasteiger partial charge on any atom is 0.253 e. The first-order valence-corrected chi connectivity index (χ1v) is 6.86. The van der Waals surface area contributed by atoms with Crippen LogP contribution in [0.25, 0.3) is 0 Å². The van der Waals surface area contributed by atoms with Gasteiger partial charge in [0.1, 0.15) is 5.82 Å². The molecule has 2 aromatic rings. The molecule has 1 heterocycles. The highest BCUT2D eigenvalue weighted by Gasteiger charge is 2.15. The number of hydrogen-bond acceptors (Lipinski definition) is 3. The highest BCUT2D eigenvalue weighted by molar-refractivity contribution is 5.99. The Labute approximate surface area is 123 Å². The number of carbonyl (C=O) groups is 1. The van der Waals surface area contributed by atoms with E-state index in [4.69, 9.17) is 0 Å². The highest BCUT2D eigenvalue weighted by Crippen LogP contribution is 2.17. The van der Waals surface area contributed by atoms with Crippen LogP contribution in [0.15, 0.2) is 42.7 Å². The van der Waals surface area contributed by atoms with Crippen molar-refractivity contribution in [2.45, 2.75) is 19.9 Å². The first-order valence-electron chi connectivity index (χ1n) is 6.86. The van der Waals surface area contributed by atoms with Crippen molar-refractivity contribution in [3.05, 3.63) is 59.7 Å². The molecule has 0 aliphatic heterocycles. The Kier molecular flexibility index (Phi) is 4.87. The summed E-state index contributed by atoms with van der Waals surface area (Å²) in [6.07, 6.45) is 3.19. The number of nitrogens with one attached hydrogen (secondary N) is 2. The number of hydrogen-bond donors (Lipinski definition) is 2. The molecule has 5 heteroatoms. The van der Waals surface area contributed by atoms with Gasteiger partial charge in [-0.2, -0.15) is 0 Å². The molecule has 0 spiro atoms. The molecule has 21 heavy (non-hydrogen) atoms. The molecule has 0 fully saturated rings. The van der Waals surface area contributed by atoms with Crippen LogP contribution >= 0.6 is 0 Å². The van der Waals surface area contributed by atoms with Crippen molar-refractivity contribution in [1.29, 1.82) is 0 Å². The fourth-order valence-electron chi connectivity index (χ4n) is 2.06. The average Bonchev–Trinajstić information content (AvgIpc) is 2.48. The Balaban J connectivity index is 2.14. The van der Waals surface area contributed by atoms with Crippen molar-refractivity contribution in [1.82, 2.24) is 10.3 Å². The fourth-order valence-corrected chi connectivity index (χ4v) is 2.06. The van der Waals surface area contributed by atoms with E-state index in [9.17, 15) is 9.18 Å². The SMILES string of the molecule is CCNc1cnccc1C(=O)NC(C)c1cccc(F)c1. The number of carbonyl (C=O) groups excluding carboxylic acids is 1. The van der Waals surface area contributed by atoms with Gasteiger partial charge in [0.15, 0.2) is 0 Å². The van der Waals surface area contributed by atoms with E-state index < -0.39 is 0 Å². The summed E-state index contributed by atoms with van der Waals surface area (Å²) < 4.78 is 13.2. The summed E-state index contributed by atoms with van der Waals surface area (Å²) in [6.45, 7) is 4.47. The number of rotatable bonds is 5. The van der Waals surface area contributed by atoms with Gasteiger partial charge in [-0.1, -0.05) is 12.1 Å². The van der Waals surface area contributed by atoms with E-state index in [0.29, 0.717) is 17.8 Å². The third kappa shape index (κ3) is 3.78. The molecule has 0 aliphatic rings. The molecule has 0 saturated carbocycles. The Morgan fingerprint density at radius 1 is 1.38 bits per heavy atom. The third-order valence-corrected chi connectivity index (χ3v) is 3.13. The van der Waals surface area contributed by atoms with E-state index in [1.54, 1.807) is 30.6 Å². The van der Waals surface area contributed by atoms with Gasteiger partial charge in [-0.3, -0.25) is 9.78 Å². The van der Waals surface area contributed by atoms with Crippen LogP contribution in [0.3, 0.4) is 0 Å². The molecule has 0 aliphatic carbocycles. The highest BCUT2D eigenvalue weighted by atomic mass is 19.1. The van der Waals surface area contributed by atoms with Gasteiger partial charge in [0.2, 0.25) is 0 Å². The Bertz CT molecular complexity index is 630. The van der Waals surface area contributed by atoms with Gasteiger partial charge in [0.25, 0.3) is 5.91 Å². The largest absolute Gasteiger partial charge is 0.383 e. The first-order chi connectivity index (χ1) is 10.1. The van der Waals surface area contributed by atoms with Crippen LogP contribution in [0.5, 0.6) is 0 Å². The number of aromatic nitrogens is 1. The molecule has 1 aromatic carbocycles. The lowest BCUT2D eigenvalue weighted by Crippen LogP contribution is -2.27. The molecule has 0 radical (unpaired) electrons. The standard InChI is InChI=1S/C16H18FN3O/c1-3-19-15-10-18-8-7-14(15)16(21)20-11(2)12-5-4-6-13(17)9-12/h4-11,19H,3H2,1-2H3,(H,20,21). The summed E-state index contributed by atoms with van der Waals surface area (Å²) in [5.74, 6) is -0.532. The number of nitrogens with zero attached hydrogens (tertiary/aromatic N) is 1. The van der Waals surface area contributed by atoms with Crippen LogP contribution in [-0.2, 0) is 0 Å². The first kappa shape index (κ1) is 15.0. The molecular formula is C16H18FN3O. The molecule has 4 nitrogen and oxygen atoms in total. The van der Waals surface area contributed by atoms with E-state index >= 15 is 0 Å². The number of amides is 1. The smallest absolute Gasteiger partial charge is 0.253 e. The minimum atomic E-state index is -0.314. The van der Waals surface area contributed by atoms with Gasteiger partial charge in [-0.25, -0.2) is 4.39 Å². The van der Waals surface area contributed by atoms with E-state index in [-0.39, 0.29) is 17.8 Å². The third-order valence-electron chi connectivity index (χ3n) is 3.13. The number of pyridine rings is 1. The fraction of sp³-hybridized carbons (Fsp3) is 0.250. The van der Waals surface area contributed by atoms with Crippen LogP contribution in [0, 0.1) is 5.82 Å². The van der Waals surface area contributed by atoms with Gasteiger partial charge >= 0.3 is 0 Å². The van der Waals surface area contributed by atoms with Crippen LogP contribution in [-0.4, -0.2) is 17.4 Å². The summed E-state index contributed by atoms with van der Waals surface area (Å²) in [5, 5.41) is 5.96. The van der Waals surface area contributed by atoms with Crippen LogP contribution in [0.1, 0.15) is 35.8 Å². The molecule has 0 bridgehead atoms. The monoisotopic (exact) mass is 287 g/mol. The number of anilines is 1. The maximum atomic E-state index is 13.2. The van der Waals surface area contributed by atoms with Gasteiger partial charge in [0.05, 0.1) is 23.5 Å². The summed E-state index contributed by atoms with van der Waals surface area (Å²) in [6, 6.07) is 7.59. The van der Waals surface area contributed by atoms with Crippen molar-refractivity contribution in [2.75, 3.05) is 11.9 Å². The summed E-state index contributed by atoms with van der Waals surface area (Å²) in [7, 11) is 0. The van der Waals surface area contributed by atoms with Crippen molar-refractivity contribution >= 4 is 11.6 Å². The molecular weight excluding hydrogens is 269 g/mol. The molecule has 2 rings (SSSR count). The van der Waals surface area contributed by atoms with E-state index in [1.165, 1.54) is 12.1 Å². The lowest BCUT2D eigenvalue weighted by Gasteiger charge is -2.16. The Hall–Kier alpha value is -2.43. The van der Waals surface area contributed by atoms with Crippen molar-refractivity contribution in [2.24, 2.45) is 0 Å².